The van der Waals surface area contributed by atoms with Crippen LogP contribution in [0.1, 0.15) is 31.7 Å². The Kier molecular flexibility index (Phi) is 6.26. The number of hydrogen-bond donors (Lipinski definition) is 1. The van der Waals surface area contributed by atoms with Gasteiger partial charge in [-0.15, -0.1) is 0 Å². The Morgan fingerprint density at radius 3 is 2.55 bits per heavy atom. The van der Waals surface area contributed by atoms with Crippen LogP contribution in [0.25, 0.3) is 0 Å². The van der Waals surface area contributed by atoms with E-state index in [1.54, 1.807) is 0 Å². The summed E-state index contributed by atoms with van der Waals surface area (Å²) in [6, 6.07) is 10.1. The van der Waals surface area contributed by atoms with Crippen molar-refractivity contribution in [3.05, 3.63) is 35.9 Å². The van der Waals surface area contributed by atoms with E-state index in [9.17, 15) is 13.2 Å². The molecule has 22 heavy (non-hydrogen) atoms. The Morgan fingerprint density at radius 2 is 1.91 bits per heavy atom. The first-order valence-electron chi connectivity index (χ1n) is 8.02. The molecule has 0 radical (unpaired) electrons. The molecule has 1 N–H and O–H groups in total. The van der Waals surface area contributed by atoms with Crippen LogP contribution in [0, 0.1) is 5.92 Å². The first-order valence-corrected chi connectivity index (χ1v) is 8.02. The summed E-state index contributed by atoms with van der Waals surface area (Å²) in [6.45, 7) is 5.06. The van der Waals surface area contributed by atoms with Crippen molar-refractivity contribution in [3.63, 3.8) is 0 Å². The minimum Gasteiger partial charge on any atom is -0.309 e. The summed E-state index contributed by atoms with van der Waals surface area (Å²) in [5.41, 5.74) is 1.17. The second kappa shape index (κ2) is 7.97. The number of nitrogens with one attached hydrogen (secondary N) is 1. The van der Waals surface area contributed by atoms with Gasteiger partial charge in [-0.05, 0) is 30.9 Å². The van der Waals surface area contributed by atoms with Crippen molar-refractivity contribution in [1.29, 1.82) is 0 Å². The fraction of sp³-hybridized carbons (Fsp3) is 0.647. The molecule has 2 unspecified atom stereocenters. The summed E-state index contributed by atoms with van der Waals surface area (Å²) in [5.74, 6) is -0.298. The van der Waals surface area contributed by atoms with Crippen molar-refractivity contribution in [2.75, 3.05) is 19.6 Å². The molecule has 2 atom stereocenters. The lowest BCUT2D eigenvalue weighted by Gasteiger charge is -2.38. The molecule has 1 saturated heterocycles. The molecule has 1 aliphatic heterocycles. The summed E-state index contributed by atoms with van der Waals surface area (Å²) < 4.78 is 38.1. The zero-order chi connectivity index (χ0) is 16.0. The number of nitrogens with zero attached hydrogens (tertiary/aromatic N) is 1. The number of piperidine rings is 1. The van der Waals surface area contributed by atoms with Gasteiger partial charge in [0.25, 0.3) is 0 Å². The van der Waals surface area contributed by atoms with E-state index in [0.717, 1.165) is 19.5 Å². The van der Waals surface area contributed by atoms with Crippen molar-refractivity contribution in [1.82, 2.24) is 10.2 Å². The lowest BCUT2D eigenvalue weighted by molar-refractivity contribution is -0.148. The van der Waals surface area contributed by atoms with Crippen LogP contribution in [0.4, 0.5) is 13.2 Å². The van der Waals surface area contributed by atoms with E-state index in [1.807, 2.05) is 30.3 Å². The second-order valence-electron chi connectivity index (χ2n) is 6.24. The van der Waals surface area contributed by atoms with E-state index in [4.69, 9.17) is 0 Å². The van der Waals surface area contributed by atoms with E-state index in [2.05, 4.69) is 17.1 Å². The fourth-order valence-electron chi connectivity index (χ4n) is 3.28. The van der Waals surface area contributed by atoms with E-state index < -0.39 is 12.6 Å². The van der Waals surface area contributed by atoms with Crippen molar-refractivity contribution >= 4 is 0 Å². The number of alkyl halides is 3. The Hall–Kier alpha value is -1.07. The standard InChI is InChI=1S/C17H25F3N2/c1-2-8-22-12-15(10-17(18,19)20)9-16(13-22)21-11-14-6-4-3-5-7-14/h3-7,15-16,21H,2,8-13H2,1H3. The molecule has 1 aromatic carbocycles. The van der Waals surface area contributed by atoms with Gasteiger partial charge in [-0.1, -0.05) is 37.3 Å². The monoisotopic (exact) mass is 314 g/mol. The van der Waals surface area contributed by atoms with Crippen LogP contribution >= 0.6 is 0 Å². The van der Waals surface area contributed by atoms with Crippen molar-refractivity contribution in [3.8, 4) is 0 Å². The Labute approximate surface area is 130 Å². The van der Waals surface area contributed by atoms with E-state index in [1.165, 1.54) is 5.56 Å². The van der Waals surface area contributed by atoms with Crippen LogP contribution in [0.2, 0.25) is 0 Å². The van der Waals surface area contributed by atoms with Gasteiger partial charge in [0.1, 0.15) is 0 Å². The maximum atomic E-state index is 12.7. The molecule has 0 aromatic heterocycles. The van der Waals surface area contributed by atoms with Gasteiger partial charge in [0.05, 0.1) is 0 Å². The quantitative estimate of drug-likeness (QED) is 0.858. The van der Waals surface area contributed by atoms with Crippen LogP contribution in [0.5, 0.6) is 0 Å². The molecular weight excluding hydrogens is 289 g/mol. The minimum atomic E-state index is -4.07. The smallest absolute Gasteiger partial charge is 0.309 e. The van der Waals surface area contributed by atoms with Gasteiger partial charge < -0.3 is 10.2 Å². The van der Waals surface area contributed by atoms with Gasteiger partial charge in [0.15, 0.2) is 0 Å². The number of benzene rings is 1. The zero-order valence-corrected chi connectivity index (χ0v) is 13.1. The predicted octanol–water partition coefficient (Wildman–Crippen LogP) is 3.83. The summed E-state index contributed by atoms with van der Waals surface area (Å²) in [7, 11) is 0. The molecular formula is C17H25F3N2. The highest BCUT2D eigenvalue weighted by Crippen LogP contribution is 2.30. The van der Waals surface area contributed by atoms with E-state index >= 15 is 0 Å². The molecule has 0 bridgehead atoms. The summed E-state index contributed by atoms with van der Waals surface area (Å²) >= 11 is 0. The maximum absolute atomic E-state index is 12.7. The SMILES string of the molecule is CCCN1CC(CC(F)(F)F)CC(NCc2ccccc2)C1. The topological polar surface area (TPSA) is 15.3 Å². The van der Waals surface area contributed by atoms with Crippen LogP contribution in [0.15, 0.2) is 30.3 Å². The Bertz CT molecular complexity index is 433. The first kappa shape index (κ1) is 17.3. The minimum absolute atomic E-state index is 0.132. The molecule has 0 spiro atoms. The van der Waals surface area contributed by atoms with Gasteiger partial charge in [-0.3, -0.25) is 0 Å². The van der Waals surface area contributed by atoms with Gasteiger partial charge in [0.2, 0.25) is 0 Å². The van der Waals surface area contributed by atoms with Crippen molar-refractivity contribution < 1.29 is 13.2 Å². The third kappa shape index (κ3) is 5.97. The van der Waals surface area contributed by atoms with Crippen molar-refractivity contribution in [2.45, 2.75) is 44.9 Å². The zero-order valence-electron chi connectivity index (χ0n) is 13.1. The molecule has 1 fully saturated rings. The van der Waals surface area contributed by atoms with Gasteiger partial charge in [-0.25, -0.2) is 0 Å². The number of hydrogen-bond acceptors (Lipinski definition) is 2. The average Bonchev–Trinajstić information content (AvgIpc) is 2.44. The molecule has 1 aromatic rings. The van der Waals surface area contributed by atoms with Gasteiger partial charge in [-0.2, -0.15) is 13.2 Å². The number of halogens is 3. The Morgan fingerprint density at radius 1 is 1.18 bits per heavy atom. The third-order valence-corrected chi connectivity index (χ3v) is 4.11. The lowest BCUT2D eigenvalue weighted by atomic mass is 9.91. The fourth-order valence-corrected chi connectivity index (χ4v) is 3.28. The molecule has 0 amide bonds. The van der Waals surface area contributed by atoms with Gasteiger partial charge in [0, 0.05) is 32.1 Å². The normalized spacial score (nSPS) is 23.6. The maximum Gasteiger partial charge on any atom is 0.389 e. The molecule has 0 saturated carbocycles. The lowest BCUT2D eigenvalue weighted by Crippen LogP contribution is -2.49. The van der Waals surface area contributed by atoms with Crippen LogP contribution in [0.3, 0.4) is 0 Å². The van der Waals surface area contributed by atoms with Crippen molar-refractivity contribution in [2.24, 2.45) is 5.92 Å². The van der Waals surface area contributed by atoms with Gasteiger partial charge >= 0.3 is 6.18 Å². The number of rotatable bonds is 6. The highest BCUT2D eigenvalue weighted by molar-refractivity contribution is 5.14. The van der Waals surface area contributed by atoms with E-state index in [-0.39, 0.29) is 12.0 Å². The molecule has 1 heterocycles. The molecule has 2 rings (SSSR count). The average molecular weight is 314 g/mol. The first-order chi connectivity index (χ1) is 10.5. The van der Waals surface area contributed by atoms with Crippen LogP contribution in [-0.4, -0.2) is 36.8 Å². The third-order valence-electron chi connectivity index (χ3n) is 4.11. The van der Waals surface area contributed by atoms with Crippen LogP contribution in [-0.2, 0) is 6.54 Å². The summed E-state index contributed by atoms with van der Waals surface area (Å²) in [6.07, 6.45) is -3.16. The predicted molar refractivity (Wildman–Crippen MR) is 82.6 cm³/mol. The highest BCUT2D eigenvalue weighted by Gasteiger charge is 2.36. The molecule has 1 aliphatic rings. The summed E-state index contributed by atoms with van der Waals surface area (Å²) in [4.78, 5) is 2.17. The molecule has 0 aliphatic carbocycles. The summed E-state index contributed by atoms with van der Waals surface area (Å²) in [5, 5.41) is 3.43. The molecule has 2 nitrogen and oxygen atoms in total. The molecule has 124 valence electrons. The Balaban J connectivity index is 1.90. The largest absolute Gasteiger partial charge is 0.389 e. The van der Waals surface area contributed by atoms with Crippen LogP contribution < -0.4 is 5.32 Å². The number of likely N-dealkylation sites (tertiary alicyclic amines) is 1. The molecule has 5 heteroatoms. The highest BCUT2D eigenvalue weighted by atomic mass is 19.4. The van der Waals surface area contributed by atoms with E-state index in [0.29, 0.717) is 19.5 Å². The second-order valence-corrected chi connectivity index (χ2v) is 6.24.